The highest BCUT2D eigenvalue weighted by Crippen LogP contribution is 2.35. The fourth-order valence-corrected chi connectivity index (χ4v) is 5.46. The van der Waals surface area contributed by atoms with Crippen LogP contribution in [0.3, 0.4) is 0 Å². The number of thiophene rings is 1. The fraction of sp³-hybridized carbons (Fsp3) is 0.556. The fourth-order valence-electron chi connectivity index (χ4n) is 3.33. The van der Waals surface area contributed by atoms with Crippen molar-refractivity contribution in [3.8, 4) is 0 Å². The largest absolute Gasteiger partial charge is 0.335 e. The molecule has 2 N–H and O–H groups in total. The van der Waals surface area contributed by atoms with Crippen LogP contribution in [0.5, 0.6) is 0 Å². The van der Waals surface area contributed by atoms with E-state index in [2.05, 4.69) is 10.6 Å². The number of nitrogens with zero attached hydrogens (tertiary/aromatic N) is 2. The molecule has 144 valence electrons. The average Bonchev–Trinajstić information content (AvgIpc) is 3.19. The Morgan fingerprint density at radius 3 is 2.89 bits per heavy atom. The molecule has 0 unspecified atom stereocenters. The van der Waals surface area contributed by atoms with Gasteiger partial charge in [-0.3, -0.25) is 19.5 Å². The maximum absolute atomic E-state index is 13.1. The van der Waals surface area contributed by atoms with Gasteiger partial charge in [-0.15, -0.1) is 11.3 Å². The van der Waals surface area contributed by atoms with E-state index in [-0.39, 0.29) is 23.3 Å². The number of urea groups is 1. The van der Waals surface area contributed by atoms with Crippen LogP contribution in [0.4, 0.5) is 4.79 Å². The molecule has 0 saturated heterocycles. The van der Waals surface area contributed by atoms with Crippen molar-refractivity contribution >= 4 is 45.3 Å². The monoisotopic (exact) mass is 406 g/mol. The Labute approximate surface area is 164 Å². The molecule has 0 aliphatic heterocycles. The van der Waals surface area contributed by atoms with Gasteiger partial charge in [0, 0.05) is 17.5 Å². The van der Waals surface area contributed by atoms with Crippen LogP contribution in [-0.2, 0) is 24.2 Å². The van der Waals surface area contributed by atoms with Gasteiger partial charge in [-0.2, -0.15) is 0 Å². The zero-order valence-corrected chi connectivity index (χ0v) is 16.8. The van der Waals surface area contributed by atoms with Crippen molar-refractivity contribution in [1.29, 1.82) is 0 Å². The lowest BCUT2D eigenvalue weighted by Crippen LogP contribution is -2.41. The molecule has 2 aliphatic rings. The number of aryl methyl sites for hydroxylation is 2. The van der Waals surface area contributed by atoms with Crippen molar-refractivity contribution in [3.05, 3.63) is 20.8 Å². The maximum atomic E-state index is 13.1. The summed E-state index contributed by atoms with van der Waals surface area (Å²) in [4.78, 5) is 43.5. The molecule has 4 rings (SSSR count). The summed E-state index contributed by atoms with van der Waals surface area (Å²) in [5.41, 5.74) is 1.17. The highest BCUT2D eigenvalue weighted by atomic mass is 32.2. The maximum Gasteiger partial charge on any atom is 0.321 e. The molecule has 0 spiro atoms. The minimum absolute atomic E-state index is 0.00404. The first-order chi connectivity index (χ1) is 13.1. The van der Waals surface area contributed by atoms with E-state index in [1.165, 1.54) is 22.2 Å². The molecule has 9 heteroatoms. The highest BCUT2D eigenvalue weighted by molar-refractivity contribution is 7.99. The number of aromatic nitrogens is 2. The molecular weight excluding hydrogens is 384 g/mol. The van der Waals surface area contributed by atoms with Gasteiger partial charge in [-0.05, 0) is 44.1 Å². The van der Waals surface area contributed by atoms with E-state index < -0.39 is 6.03 Å². The number of fused-ring (bicyclic) bond motifs is 3. The molecule has 2 aromatic rings. The predicted molar refractivity (Wildman–Crippen MR) is 107 cm³/mol. The molecule has 0 aromatic carbocycles. The van der Waals surface area contributed by atoms with Gasteiger partial charge in [0.1, 0.15) is 4.83 Å². The number of carbonyl (C=O) groups excluding carboxylic acids is 2. The first-order valence-corrected chi connectivity index (χ1v) is 11.1. The normalized spacial score (nSPS) is 15.7. The van der Waals surface area contributed by atoms with Crippen molar-refractivity contribution in [1.82, 2.24) is 20.2 Å². The van der Waals surface area contributed by atoms with Crippen molar-refractivity contribution in [2.45, 2.75) is 63.2 Å². The lowest BCUT2D eigenvalue weighted by molar-refractivity contribution is -0.117. The van der Waals surface area contributed by atoms with Gasteiger partial charge >= 0.3 is 6.03 Å². The number of rotatable bonds is 6. The van der Waals surface area contributed by atoms with E-state index in [4.69, 9.17) is 4.98 Å². The van der Waals surface area contributed by atoms with Gasteiger partial charge < -0.3 is 5.32 Å². The molecule has 7 nitrogen and oxygen atoms in total. The first kappa shape index (κ1) is 18.5. The third-order valence-corrected chi connectivity index (χ3v) is 6.90. The van der Waals surface area contributed by atoms with Gasteiger partial charge in [-0.1, -0.05) is 18.7 Å². The lowest BCUT2D eigenvalue weighted by Gasteiger charge is -2.11. The Morgan fingerprint density at radius 1 is 1.33 bits per heavy atom. The summed E-state index contributed by atoms with van der Waals surface area (Å²) >= 11 is 2.81. The second-order valence-corrected chi connectivity index (χ2v) is 9.00. The van der Waals surface area contributed by atoms with Crippen LogP contribution in [0.1, 0.15) is 43.0 Å². The molecule has 1 saturated carbocycles. The van der Waals surface area contributed by atoms with Gasteiger partial charge in [0.2, 0.25) is 5.91 Å². The topological polar surface area (TPSA) is 93.1 Å². The van der Waals surface area contributed by atoms with Crippen LogP contribution in [-0.4, -0.2) is 33.3 Å². The van der Waals surface area contributed by atoms with E-state index in [1.807, 2.05) is 6.92 Å². The van der Waals surface area contributed by atoms with E-state index in [9.17, 15) is 14.4 Å². The Kier molecular flexibility index (Phi) is 5.23. The predicted octanol–water partition coefficient (Wildman–Crippen LogP) is 2.44. The first-order valence-electron chi connectivity index (χ1n) is 9.35. The average molecular weight is 407 g/mol. The Balaban J connectivity index is 1.53. The van der Waals surface area contributed by atoms with Crippen LogP contribution in [0.25, 0.3) is 10.2 Å². The molecule has 1 fully saturated rings. The molecule has 0 bridgehead atoms. The molecule has 2 heterocycles. The minimum Gasteiger partial charge on any atom is -0.335 e. The third kappa shape index (κ3) is 3.89. The van der Waals surface area contributed by atoms with Crippen molar-refractivity contribution < 1.29 is 9.59 Å². The molecule has 27 heavy (non-hydrogen) atoms. The number of amides is 3. The molecule has 0 atom stereocenters. The summed E-state index contributed by atoms with van der Waals surface area (Å²) in [6, 6.07) is -0.253. The SMILES string of the molecule is CCCn1c(SCC(=O)NC(=O)NC2CC2)nc2sc3c(c2c1=O)CCC3. The number of carbonyl (C=O) groups is 2. The number of imide groups is 1. The number of nitrogens with one attached hydrogen (secondary N) is 2. The third-order valence-electron chi connectivity index (χ3n) is 4.73. The molecule has 3 amide bonds. The van der Waals surface area contributed by atoms with Gasteiger partial charge in [0.15, 0.2) is 5.16 Å². The Morgan fingerprint density at radius 2 is 2.15 bits per heavy atom. The summed E-state index contributed by atoms with van der Waals surface area (Å²) in [6.45, 7) is 2.58. The summed E-state index contributed by atoms with van der Waals surface area (Å²) < 4.78 is 1.68. The second kappa shape index (κ2) is 7.63. The van der Waals surface area contributed by atoms with E-state index >= 15 is 0 Å². The van der Waals surface area contributed by atoms with Gasteiger partial charge in [0.25, 0.3) is 5.56 Å². The van der Waals surface area contributed by atoms with E-state index in [0.29, 0.717) is 11.7 Å². The zero-order chi connectivity index (χ0) is 19.0. The van der Waals surface area contributed by atoms with Crippen molar-refractivity contribution in [3.63, 3.8) is 0 Å². The molecular formula is C18H22N4O3S2. The van der Waals surface area contributed by atoms with Gasteiger partial charge in [-0.25, -0.2) is 9.78 Å². The van der Waals surface area contributed by atoms with Crippen molar-refractivity contribution in [2.75, 3.05) is 5.75 Å². The van der Waals surface area contributed by atoms with Gasteiger partial charge in [0.05, 0.1) is 11.1 Å². The second-order valence-electron chi connectivity index (χ2n) is 6.97. The molecule has 2 aliphatic carbocycles. The van der Waals surface area contributed by atoms with Crippen LogP contribution >= 0.6 is 23.1 Å². The van der Waals surface area contributed by atoms with Crippen LogP contribution in [0.2, 0.25) is 0 Å². The van der Waals surface area contributed by atoms with E-state index in [1.54, 1.807) is 15.9 Å². The highest BCUT2D eigenvalue weighted by Gasteiger charge is 2.25. The summed E-state index contributed by atoms with van der Waals surface area (Å²) in [5, 5.41) is 6.37. The quantitative estimate of drug-likeness (QED) is 0.568. The Bertz CT molecular complexity index is 962. The summed E-state index contributed by atoms with van der Waals surface area (Å²) in [6.07, 6.45) is 5.81. The Hall–Kier alpha value is -1.87. The minimum atomic E-state index is -0.452. The smallest absolute Gasteiger partial charge is 0.321 e. The van der Waals surface area contributed by atoms with E-state index in [0.717, 1.165) is 48.7 Å². The molecule has 0 radical (unpaired) electrons. The van der Waals surface area contributed by atoms with Crippen LogP contribution in [0, 0.1) is 0 Å². The van der Waals surface area contributed by atoms with Crippen LogP contribution in [0.15, 0.2) is 9.95 Å². The zero-order valence-electron chi connectivity index (χ0n) is 15.2. The number of hydrogen-bond donors (Lipinski definition) is 2. The number of thioether (sulfide) groups is 1. The summed E-state index contributed by atoms with van der Waals surface area (Å²) in [7, 11) is 0. The standard InChI is InChI=1S/C18H22N4O3S2/c1-2-8-22-16(24)14-11-4-3-5-12(11)27-15(14)21-18(22)26-9-13(23)20-17(25)19-10-6-7-10/h10H,2-9H2,1H3,(H2,19,20,23,25). The van der Waals surface area contributed by atoms with Crippen LogP contribution < -0.4 is 16.2 Å². The number of hydrogen-bond acceptors (Lipinski definition) is 6. The molecule has 2 aromatic heterocycles. The lowest BCUT2D eigenvalue weighted by atomic mass is 10.2. The summed E-state index contributed by atoms with van der Waals surface area (Å²) in [5.74, 6) is -0.339. The van der Waals surface area contributed by atoms with Crippen molar-refractivity contribution in [2.24, 2.45) is 0 Å².